The van der Waals surface area contributed by atoms with Crippen molar-refractivity contribution in [3.63, 3.8) is 0 Å². The van der Waals surface area contributed by atoms with Crippen LogP contribution in [0.1, 0.15) is 36.3 Å². The molecule has 1 aromatic heterocycles. The van der Waals surface area contributed by atoms with Gasteiger partial charge in [-0.1, -0.05) is 25.7 Å². The van der Waals surface area contributed by atoms with Gasteiger partial charge in [0.2, 0.25) is 0 Å². The van der Waals surface area contributed by atoms with Crippen LogP contribution in [0, 0.1) is 17.3 Å². The van der Waals surface area contributed by atoms with E-state index in [0.717, 1.165) is 6.42 Å². The SMILES string of the molecule is COC1CC(NC(=O)c2ncccc2C#CCO)C1(C)C. The van der Waals surface area contributed by atoms with Crippen molar-refractivity contribution >= 4 is 5.91 Å². The van der Waals surface area contributed by atoms with Gasteiger partial charge in [-0.3, -0.25) is 4.79 Å². The molecule has 2 unspecified atom stereocenters. The molecule has 112 valence electrons. The second-order valence-corrected chi connectivity index (χ2v) is 5.67. The number of rotatable bonds is 3. The third-order valence-corrected chi connectivity index (χ3v) is 4.09. The fraction of sp³-hybridized carbons (Fsp3) is 0.500. The van der Waals surface area contributed by atoms with Crippen LogP contribution < -0.4 is 5.32 Å². The highest BCUT2D eigenvalue weighted by Crippen LogP contribution is 2.42. The minimum absolute atomic E-state index is 0.0515. The predicted octanol–water partition coefficient (Wildman–Crippen LogP) is 0.969. The Labute approximate surface area is 124 Å². The number of amides is 1. The van der Waals surface area contributed by atoms with E-state index in [9.17, 15) is 4.79 Å². The molecular formula is C16H20N2O3. The predicted molar refractivity (Wildman–Crippen MR) is 78.7 cm³/mol. The summed E-state index contributed by atoms with van der Waals surface area (Å²) in [6, 6.07) is 3.48. The summed E-state index contributed by atoms with van der Waals surface area (Å²) in [5, 5.41) is 11.8. The fourth-order valence-electron chi connectivity index (χ4n) is 2.58. The van der Waals surface area contributed by atoms with Crippen LogP contribution in [-0.4, -0.2) is 41.9 Å². The van der Waals surface area contributed by atoms with E-state index < -0.39 is 0 Å². The average molecular weight is 288 g/mol. The molecule has 1 aromatic rings. The normalized spacial score (nSPS) is 22.7. The number of carbonyl (C=O) groups excluding carboxylic acids is 1. The maximum absolute atomic E-state index is 12.4. The smallest absolute Gasteiger partial charge is 0.271 e. The molecule has 1 aliphatic carbocycles. The van der Waals surface area contributed by atoms with E-state index in [4.69, 9.17) is 9.84 Å². The number of pyridine rings is 1. The first kappa shape index (κ1) is 15.5. The molecule has 0 bridgehead atoms. The summed E-state index contributed by atoms with van der Waals surface area (Å²) in [6.45, 7) is 3.89. The van der Waals surface area contributed by atoms with E-state index >= 15 is 0 Å². The Morgan fingerprint density at radius 1 is 1.62 bits per heavy atom. The Balaban J connectivity index is 2.12. The van der Waals surface area contributed by atoms with Gasteiger partial charge in [-0.15, -0.1) is 0 Å². The molecule has 1 fully saturated rings. The summed E-state index contributed by atoms with van der Waals surface area (Å²) < 4.78 is 5.38. The molecule has 0 aliphatic heterocycles. The molecule has 5 nitrogen and oxygen atoms in total. The van der Waals surface area contributed by atoms with Gasteiger partial charge in [0.25, 0.3) is 5.91 Å². The number of nitrogens with one attached hydrogen (secondary N) is 1. The van der Waals surface area contributed by atoms with Crippen LogP contribution in [0.2, 0.25) is 0 Å². The van der Waals surface area contributed by atoms with E-state index in [0.29, 0.717) is 5.56 Å². The highest BCUT2D eigenvalue weighted by Gasteiger charge is 2.49. The zero-order valence-corrected chi connectivity index (χ0v) is 12.5. The van der Waals surface area contributed by atoms with Crippen molar-refractivity contribution in [2.24, 2.45) is 5.41 Å². The van der Waals surface area contributed by atoms with Crippen LogP contribution in [0.15, 0.2) is 18.3 Å². The second-order valence-electron chi connectivity index (χ2n) is 5.67. The quantitative estimate of drug-likeness (QED) is 0.813. The maximum atomic E-state index is 12.4. The Morgan fingerprint density at radius 3 is 3.00 bits per heavy atom. The standard InChI is InChI=1S/C16H20N2O3/c1-16(2)12(10-13(16)21-3)18-15(20)14-11(7-5-9-19)6-4-8-17-14/h4,6,8,12-13,19H,9-10H2,1-3H3,(H,18,20). The molecule has 2 rings (SSSR count). The number of aromatic nitrogens is 1. The highest BCUT2D eigenvalue weighted by atomic mass is 16.5. The van der Waals surface area contributed by atoms with E-state index in [1.54, 1.807) is 25.4 Å². The van der Waals surface area contributed by atoms with Gasteiger partial charge in [-0.25, -0.2) is 4.98 Å². The molecule has 5 heteroatoms. The lowest BCUT2D eigenvalue weighted by Gasteiger charge is -2.51. The number of methoxy groups -OCH3 is 1. The molecule has 2 atom stereocenters. The molecule has 1 aliphatic rings. The molecule has 1 saturated carbocycles. The Morgan fingerprint density at radius 2 is 2.38 bits per heavy atom. The van der Waals surface area contributed by atoms with Crippen molar-refractivity contribution in [1.82, 2.24) is 10.3 Å². The first-order chi connectivity index (χ1) is 10.0. The van der Waals surface area contributed by atoms with Gasteiger partial charge >= 0.3 is 0 Å². The minimum Gasteiger partial charge on any atom is -0.384 e. The second kappa shape index (κ2) is 6.25. The van der Waals surface area contributed by atoms with Gasteiger partial charge in [0, 0.05) is 24.8 Å². The fourth-order valence-corrected chi connectivity index (χ4v) is 2.58. The number of hydrogen-bond acceptors (Lipinski definition) is 4. The van der Waals surface area contributed by atoms with Crippen molar-refractivity contribution in [1.29, 1.82) is 0 Å². The molecule has 0 spiro atoms. The lowest BCUT2D eigenvalue weighted by molar-refractivity contribution is -0.0942. The van der Waals surface area contributed by atoms with Crippen LogP contribution >= 0.6 is 0 Å². The number of nitrogens with zero attached hydrogens (tertiary/aromatic N) is 1. The molecule has 1 amide bonds. The number of aliphatic hydroxyl groups excluding tert-OH is 1. The number of ether oxygens (including phenoxy) is 1. The Bertz CT molecular complexity index is 587. The van der Waals surface area contributed by atoms with Gasteiger partial charge in [0.1, 0.15) is 12.3 Å². The molecule has 21 heavy (non-hydrogen) atoms. The lowest BCUT2D eigenvalue weighted by atomic mass is 9.64. The van der Waals surface area contributed by atoms with Crippen LogP contribution in [0.4, 0.5) is 0 Å². The van der Waals surface area contributed by atoms with Gasteiger partial charge in [0.05, 0.1) is 11.7 Å². The first-order valence-electron chi connectivity index (χ1n) is 6.89. The molecule has 1 heterocycles. The zero-order valence-electron chi connectivity index (χ0n) is 12.5. The van der Waals surface area contributed by atoms with E-state index in [2.05, 4.69) is 36.0 Å². The first-order valence-corrected chi connectivity index (χ1v) is 6.89. The summed E-state index contributed by atoms with van der Waals surface area (Å²) in [5.41, 5.74) is 0.704. The Hall–Kier alpha value is -1.90. The topological polar surface area (TPSA) is 71.5 Å². The summed E-state index contributed by atoms with van der Waals surface area (Å²) in [4.78, 5) is 16.5. The van der Waals surface area contributed by atoms with Crippen molar-refractivity contribution in [3.05, 3.63) is 29.6 Å². The molecule has 0 radical (unpaired) electrons. The van der Waals surface area contributed by atoms with Crippen molar-refractivity contribution in [2.75, 3.05) is 13.7 Å². The van der Waals surface area contributed by atoms with Crippen LogP contribution in [0.3, 0.4) is 0 Å². The largest absolute Gasteiger partial charge is 0.384 e. The van der Waals surface area contributed by atoms with Crippen molar-refractivity contribution in [3.8, 4) is 11.8 Å². The third kappa shape index (κ3) is 3.07. The van der Waals surface area contributed by atoms with E-state index in [1.807, 2.05) is 0 Å². The molecule has 2 N–H and O–H groups in total. The van der Waals surface area contributed by atoms with E-state index in [-0.39, 0.29) is 35.8 Å². The number of aliphatic hydroxyl groups is 1. The van der Waals surface area contributed by atoms with Crippen molar-refractivity contribution in [2.45, 2.75) is 32.4 Å². The van der Waals surface area contributed by atoms with Gasteiger partial charge in [0.15, 0.2) is 0 Å². The minimum atomic E-state index is -0.249. The van der Waals surface area contributed by atoms with Gasteiger partial charge in [-0.05, 0) is 18.6 Å². The molecular weight excluding hydrogens is 268 g/mol. The molecule has 0 aromatic carbocycles. The third-order valence-electron chi connectivity index (χ3n) is 4.09. The van der Waals surface area contributed by atoms with Gasteiger partial charge in [-0.2, -0.15) is 0 Å². The zero-order chi connectivity index (χ0) is 15.5. The van der Waals surface area contributed by atoms with Crippen molar-refractivity contribution < 1.29 is 14.6 Å². The highest BCUT2D eigenvalue weighted by molar-refractivity contribution is 5.95. The van der Waals surface area contributed by atoms with Crippen LogP contribution in [-0.2, 0) is 4.74 Å². The number of hydrogen-bond donors (Lipinski definition) is 2. The average Bonchev–Trinajstić information content (AvgIpc) is 2.48. The summed E-state index contributed by atoms with van der Waals surface area (Å²) in [7, 11) is 1.69. The van der Waals surface area contributed by atoms with E-state index in [1.165, 1.54) is 0 Å². The molecule has 0 saturated heterocycles. The summed E-state index contributed by atoms with van der Waals surface area (Å²) in [5.74, 6) is 5.04. The summed E-state index contributed by atoms with van der Waals surface area (Å²) in [6.07, 6.45) is 2.50. The van der Waals surface area contributed by atoms with Gasteiger partial charge < -0.3 is 15.2 Å². The maximum Gasteiger partial charge on any atom is 0.271 e. The number of carbonyl (C=O) groups is 1. The monoisotopic (exact) mass is 288 g/mol. The summed E-state index contributed by atoms with van der Waals surface area (Å²) >= 11 is 0. The lowest BCUT2D eigenvalue weighted by Crippen LogP contribution is -2.61. The van der Waals surface area contributed by atoms with Crippen LogP contribution in [0.25, 0.3) is 0 Å². The Kier molecular flexibility index (Phi) is 4.61. The van der Waals surface area contributed by atoms with Crippen LogP contribution in [0.5, 0.6) is 0 Å².